The number of fused-ring (bicyclic) bond motifs is 1. The van der Waals surface area contributed by atoms with Gasteiger partial charge in [0.05, 0.1) is 11.6 Å². The third-order valence-electron chi connectivity index (χ3n) is 7.08. The van der Waals surface area contributed by atoms with E-state index in [0.717, 1.165) is 17.2 Å². The highest BCUT2D eigenvalue weighted by molar-refractivity contribution is 6.06. The lowest BCUT2D eigenvalue weighted by atomic mass is 9.97. The zero-order valence-corrected chi connectivity index (χ0v) is 21.5. The van der Waals surface area contributed by atoms with Gasteiger partial charge in [-0.05, 0) is 41.5 Å². The number of amides is 1. The Morgan fingerprint density at radius 2 is 1.88 bits per heavy atom. The lowest BCUT2D eigenvalue weighted by molar-refractivity contribution is -0.138. The third-order valence-corrected chi connectivity index (χ3v) is 7.08. The second kappa shape index (κ2) is 10.1. The summed E-state index contributed by atoms with van der Waals surface area (Å²) >= 11 is 0. The molecule has 2 aromatic heterocycles. The minimum atomic E-state index is -4.59. The van der Waals surface area contributed by atoms with Crippen molar-refractivity contribution < 1.29 is 22.4 Å². The van der Waals surface area contributed by atoms with Crippen molar-refractivity contribution in [1.82, 2.24) is 24.7 Å². The van der Waals surface area contributed by atoms with E-state index in [-0.39, 0.29) is 11.1 Å². The van der Waals surface area contributed by atoms with E-state index in [0.29, 0.717) is 36.8 Å². The highest BCUT2D eigenvalue weighted by Gasteiger charge is 2.36. The van der Waals surface area contributed by atoms with Gasteiger partial charge in [-0.15, -0.1) is 0 Å². The Labute approximate surface area is 227 Å². The monoisotopic (exact) mass is 550 g/mol. The van der Waals surface area contributed by atoms with Crippen molar-refractivity contribution >= 4 is 17.4 Å². The summed E-state index contributed by atoms with van der Waals surface area (Å²) in [5.74, 6) is -0.183. The summed E-state index contributed by atoms with van der Waals surface area (Å²) in [6.45, 7) is 1.29. The van der Waals surface area contributed by atoms with Gasteiger partial charge in [0.2, 0.25) is 0 Å². The number of likely N-dealkylation sites (tertiary alicyclic amines) is 1. The van der Waals surface area contributed by atoms with Gasteiger partial charge >= 0.3 is 6.18 Å². The van der Waals surface area contributed by atoms with Crippen LogP contribution in [0.15, 0.2) is 79.1 Å². The number of nitrogens with zero attached hydrogens (tertiary/aromatic N) is 4. The number of nitrogens with one attached hydrogen (secondary N) is 2. The van der Waals surface area contributed by atoms with E-state index in [1.807, 2.05) is 53.6 Å². The quantitative estimate of drug-likeness (QED) is 0.314. The average molecular weight is 551 g/mol. The standard InChI is InChI=1S/C29H26F4N6O/c1-37-12-11-24(36-37)22-13-20(8-9-23(22)29(31,32)33)28(40)35-27-26(19-5-3-2-4-6-19)34-25-10-7-18(15-39(25)27)14-38-16-21(30)17-38/h2-13,15,21,24,36H,14,16-17H2,1H3,(H,35,40). The minimum Gasteiger partial charge on any atom is -0.318 e. The van der Waals surface area contributed by atoms with Crippen molar-refractivity contribution in [2.45, 2.75) is 24.9 Å². The molecule has 2 N–H and O–H groups in total. The maximum Gasteiger partial charge on any atom is 0.416 e. The van der Waals surface area contributed by atoms with Crippen molar-refractivity contribution in [3.63, 3.8) is 0 Å². The smallest absolute Gasteiger partial charge is 0.318 e. The summed E-state index contributed by atoms with van der Waals surface area (Å²) in [5, 5.41) is 4.47. The number of hydrogen-bond donors (Lipinski definition) is 2. The molecule has 6 rings (SSSR count). The first-order chi connectivity index (χ1) is 19.2. The largest absolute Gasteiger partial charge is 0.416 e. The molecule has 2 aliphatic rings. The van der Waals surface area contributed by atoms with Crippen LogP contribution in [0.25, 0.3) is 16.9 Å². The Kier molecular flexibility index (Phi) is 6.55. The number of pyridine rings is 1. The van der Waals surface area contributed by atoms with Crippen LogP contribution in [-0.2, 0) is 12.7 Å². The summed E-state index contributed by atoms with van der Waals surface area (Å²) in [5.41, 5.74) is 4.93. The summed E-state index contributed by atoms with van der Waals surface area (Å²) in [6, 6.07) is 15.7. The normalized spacial score (nSPS) is 17.9. The number of carbonyl (C=O) groups excluding carboxylic acids is 1. The van der Waals surface area contributed by atoms with Gasteiger partial charge in [0.1, 0.15) is 23.3 Å². The van der Waals surface area contributed by atoms with Crippen molar-refractivity contribution in [1.29, 1.82) is 0 Å². The van der Waals surface area contributed by atoms with Gasteiger partial charge in [-0.25, -0.2) is 14.8 Å². The molecule has 0 radical (unpaired) electrons. The number of hydrogen-bond acceptors (Lipinski definition) is 5. The van der Waals surface area contributed by atoms with Crippen LogP contribution in [-0.4, -0.2) is 51.5 Å². The number of imidazole rings is 1. The Morgan fingerprint density at radius 1 is 1.10 bits per heavy atom. The number of alkyl halides is 4. The predicted molar refractivity (Wildman–Crippen MR) is 143 cm³/mol. The van der Waals surface area contributed by atoms with Crippen LogP contribution in [0, 0.1) is 0 Å². The van der Waals surface area contributed by atoms with Crippen molar-refractivity contribution in [3.8, 4) is 11.3 Å². The fraction of sp³-hybridized carbons (Fsp3) is 0.241. The molecule has 1 amide bonds. The van der Waals surface area contributed by atoms with Gasteiger partial charge in [0, 0.05) is 50.2 Å². The summed E-state index contributed by atoms with van der Waals surface area (Å²) in [4.78, 5) is 20.3. The minimum absolute atomic E-state index is 0.0508. The van der Waals surface area contributed by atoms with E-state index in [9.17, 15) is 22.4 Å². The number of halogens is 4. The number of rotatable bonds is 6. The molecule has 1 unspecified atom stereocenters. The second-order valence-electron chi connectivity index (χ2n) is 10.0. The molecule has 40 heavy (non-hydrogen) atoms. The van der Waals surface area contributed by atoms with Crippen molar-refractivity contribution in [2.75, 3.05) is 25.5 Å². The molecule has 1 fully saturated rings. The first-order valence-electron chi connectivity index (χ1n) is 12.8. The van der Waals surface area contributed by atoms with E-state index in [1.54, 1.807) is 28.7 Å². The molecular formula is C29H26F4N6O. The predicted octanol–water partition coefficient (Wildman–Crippen LogP) is 5.43. The number of carbonyl (C=O) groups is 1. The molecule has 1 saturated heterocycles. The molecule has 0 spiro atoms. The van der Waals surface area contributed by atoms with Crippen LogP contribution >= 0.6 is 0 Å². The first-order valence-corrected chi connectivity index (χ1v) is 12.8. The van der Waals surface area contributed by atoms with Crippen LogP contribution in [0.3, 0.4) is 0 Å². The molecule has 1 atom stereocenters. The second-order valence-corrected chi connectivity index (χ2v) is 10.0. The average Bonchev–Trinajstić information content (AvgIpc) is 3.51. The van der Waals surface area contributed by atoms with E-state index < -0.39 is 29.9 Å². The number of anilines is 1. The highest BCUT2D eigenvalue weighted by Crippen LogP contribution is 2.37. The van der Waals surface area contributed by atoms with Gasteiger partial charge in [-0.3, -0.25) is 14.1 Å². The molecule has 0 bridgehead atoms. The van der Waals surface area contributed by atoms with Gasteiger partial charge < -0.3 is 10.3 Å². The van der Waals surface area contributed by atoms with Crippen molar-refractivity contribution in [3.05, 3.63) is 101 Å². The van der Waals surface area contributed by atoms with Crippen LogP contribution < -0.4 is 10.7 Å². The molecular weight excluding hydrogens is 524 g/mol. The van der Waals surface area contributed by atoms with Crippen LogP contribution in [0.5, 0.6) is 0 Å². The van der Waals surface area contributed by atoms with E-state index in [2.05, 4.69) is 10.7 Å². The Hall–Kier alpha value is -4.22. The van der Waals surface area contributed by atoms with Gasteiger partial charge in [0.25, 0.3) is 5.91 Å². The molecule has 0 aliphatic carbocycles. The zero-order chi connectivity index (χ0) is 28.0. The summed E-state index contributed by atoms with van der Waals surface area (Å²) in [7, 11) is 1.68. The molecule has 11 heteroatoms. The first kappa shape index (κ1) is 26.0. The molecule has 206 valence electrons. The summed E-state index contributed by atoms with van der Waals surface area (Å²) in [6.07, 6.45) is -0.321. The van der Waals surface area contributed by atoms with Gasteiger partial charge in [-0.2, -0.15) is 13.2 Å². The number of benzene rings is 2. The molecule has 2 aromatic carbocycles. The van der Waals surface area contributed by atoms with Gasteiger partial charge in [-0.1, -0.05) is 36.4 Å². The zero-order valence-electron chi connectivity index (χ0n) is 21.5. The van der Waals surface area contributed by atoms with Crippen LogP contribution in [0.4, 0.5) is 23.4 Å². The van der Waals surface area contributed by atoms with Crippen molar-refractivity contribution in [2.24, 2.45) is 0 Å². The number of aromatic nitrogens is 2. The number of hydrazine groups is 1. The topological polar surface area (TPSA) is 64.9 Å². The Balaban J connectivity index is 1.38. The Bertz CT molecular complexity index is 1590. The van der Waals surface area contributed by atoms with E-state index >= 15 is 0 Å². The van der Waals surface area contributed by atoms with Gasteiger partial charge in [0.15, 0.2) is 0 Å². The lowest BCUT2D eigenvalue weighted by Gasteiger charge is -2.34. The molecule has 7 nitrogen and oxygen atoms in total. The lowest BCUT2D eigenvalue weighted by Crippen LogP contribution is -2.47. The maximum atomic E-state index is 13.8. The maximum absolute atomic E-state index is 13.8. The molecule has 4 aromatic rings. The van der Waals surface area contributed by atoms with E-state index in [1.165, 1.54) is 12.1 Å². The molecule has 0 saturated carbocycles. The van der Waals surface area contributed by atoms with Crippen LogP contribution in [0.2, 0.25) is 0 Å². The highest BCUT2D eigenvalue weighted by atomic mass is 19.4. The van der Waals surface area contributed by atoms with E-state index in [4.69, 9.17) is 4.98 Å². The fourth-order valence-electron chi connectivity index (χ4n) is 5.09. The third kappa shape index (κ3) is 5.05. The fourth-order valence-corrected chi connectivity index (χ4v) is 5.09. The molecule has 2 aliphatic heterocycles. The van der Waals surface area contributed by atoms with Crippen LogP contribution in [0.1, 0.15) is 33.1 Å². The molecule has 4 heterocycles. The summed E-state index contributed by atoms with van der Waals surface area (Å²) < 4.78 is 56.6. The Morgan fingerprint density at radius 3 is 2.55 bits per heavy atom. The SMILES string of the molecule is CN1C=CC(c2cc(C(=O)Nc3c(-c4ccccc4)nc4ccc(CN5CC(F)C5)cn34)ccc2C(F)(F)F)N1.